The summed E-state index contributed by atoms with van der Waals surface area (Å²) in [5.74, 6) is 1.90. The molecule has 0 bridgehead atoms. The number of hydrogen-bond acceptors (Lipinski definition) is 9. The SMILES string of the molecule is CC(C)N(C(=O)c1cc(F)ccc1Oc1cncnc1N1CC[C@@H](CN2CCC3(CCC(Nc4ncc(Cl)cn4)CC3)CC2)C1)C(C)C. The van der Waals surface area contributed by atoms with Gasteiger partial charge in [0.15, 0.2) is 11.6 Å². The lowest BCUT2D eigenvalue weighted by Crippen LogP contribution is -2.45. The molecule has 1 atom stereocenters. The third kappa shape index (κ3) is 8.00. The summed E-state index contributed by atoms with van der Waals surface area (Å²) in [5.41, 5.74) is 0.640. The molecule has 1 N–H and O–H groups in total. The minimum absolute atomic E-state index is 0.0511. The van der Waals surface area contributed by atoms with Gasteiger partial charge in [0.25, 0.3) is 5.91 Å². The van der Waals surface area contributed by atoms with Gasteiger partial charge in [0, 0.05) is 37.8 Å². The molecule has 10 nitrogen and oxygen atoms in total. The van der Waals surface area contributed by atoms with Crippen LogP contribution in [0.3, 0.4) is 0 Å². The van der Waals surface area contributed by atoms with E-state index in [0.29, 0.717) is 45.7 Å². The topological polar surface area (TPSA) is 99.6 Å². The summed E-state index contributed by atoms with van der Waals surface area (Å²) >= 11 is 5.94. The average Bonchev–Trinajstić information content (AvgIpc) is 3.53. The number of halogens is 2. The summed E-state index contributed by atoms with van der Waals surface area (Å²) < 4.78 is 20.7. The fourth-order valence-electron chi connectivity index (χ4n) is 7.89. The third-order valence-electron chi connectivity index (χ3n) is 10.4. The molecule has 0 unspecified atom stereocenters. The fourth-order valence-corrected chi connectivity index (χ4v) is 7.99. The molecule has 1 aromatic carbocycles. The first-order chi connectivity index (χ1) is 23.1. The first-order valence-corrected chi connectivity index (χ1v) is 17.8. The van der Waals surface area contributed by atoms with E-state index in [0.717, 1.165) is 52.0 Å². The highest BCUT2D eigenvalue weighted by Crippen LogP contribution is 2.45. The first-order valence-electron chi connectivity index (χ1n) is 17.4. The van der Waals surface area contributed by atoms with Crippen molar-refractivity contribution in [2.24, 2.45) is 11.3 Å². The van der Waals surface area contributed by atoms with Crippen LogP contribution >= 0.6 is 11.6 Å². The van der Waals surface area contributed by atoms with E-state index in [1.807, 2.05) is 27.7 Å². The van der Waals surface area contributed by atoms with E-state index in [9.17, 15) is 9.18 Å². The van der Waals surface area contributed by atoms with Gasteiger partial charge in [0.05, 0.1) is 29.2 Å². The predicted molar refractivity (Wildman–Crippen MR) is 186 cm³/mol. The summed E-state index contributed by atoms with van der Waals surface area (Å²) in [7, 11) is 0. The number of carbonyl (C=O) groups excluding carboxylic acids is 1. The molecule has 1 saturated carbocycles. The molecule has 3 aliphatic rings. The Bertz CT molecular complexity index is 1530. The van der Waals surface area contributed by atoms with Crippen LogP contribution in [0.15, 0.2) is 43.1 Å². The Morgan fingerprint density at radius 1 is 1.00 bits per heavy atom. The number of benzene rings is 1. The van der Waals surface area contributed by atoms with Crippen LogP contribution < -0.4 is 15.0 Å². The number of ether oxygens (including phenoxy) is 1. The van der Waals surface area contributed by atoms with E-state index in [2.05, 4.69) is 35.1 Å². The number of nitrogens with one attached hydrogen (secondary N) is 1. The van der Waals surface area contributed by atoms with E-state index >= 15 is 0 Å². The van der Waals surface area contributed by atoms with Gasteiger partial charge in [-0.1, -0.05) is 11.6 Å². The largest absolute Gasteiger partial charge is 0.451 e. The van der Waals surface area contributed by atoms with Crippen LogP contribution in [0.4, 0.5) is 16.2 Å². The number of anilines is 2. The number of rotatable bonds is 10. The maximum Gasteiger partial charge on any atom is 0.258 e. The van der Waals surface area contributed by atoms with Crippen molar-refractivity contribution in [2.45, 2.75) is 90.8 Å². The Balaban J connectivity index is 1.03. The van der Waals surface area contributed by atoms with Gasteiger partial charge in [-0.15, -0.1) is 0 Å². The second-order valence-electron chi connectivity index (χ2n) is 14.4. The minimum atomic E-state index is -0.484. The third-order valence-corrected chi connectivity index (χ3v) is 10.6. The smallest absolute Gasteiger partial charge is 0.258 e. The minimum Gasteiger partial charge on any atom is -0.451 e. The van der Waals surface area contributed by atoms with Crippen LogP contribution in [0.5, 0.6) is 11.5 Å². The molecule has 4 heterocycles. The van der Waals surface area contributed by atoms with Crippen LogP contribution in [0, 0.1) is 17.2 Å². The summed E-state index contributed by atoms with van der Waals surface area (Å²) in [4.78, 5) is 37.7. The van der Waals surface area contributed by atoms with Gasteiger partial charge < -0.3 is 24.8 Å². The normalized spacial score (nSPS) is 20.1. The van der Waals surface area contributed by atoms with Gasteiger partial charge in [0.1, 0.15) is 17.9 Å². The van der Waals surface area contributed by atoms with Crippen LogP contribution in [0.1, 0.15) is 83.0 Å². The van der Waals surface area contributed by atoms with Crippen molar-refractivity contribution in [3.63, 3.8) is 0 Å². The van der Waals surface area contributed by atoms with Crippen molar-refractivity contribution < 1.29 is 13.9 Å². The molecule has 258 valence electrons. The van der Waals surface area contributed by atoms with E-state index in [4.69, 9.17) is 16.3 Å². The number of amides is 1. The van der Waals surface area contributed by atoms with Gasteiger partial charge in [-0.2, -0.15) is 0 Å². The van der Waals surface area contributed by atoms with Crippen molar-refractivity contribution >= 4 is 29.3 Å². The Morgan fingerprint density at radius 2 is 1.71 bits per heavy atom. The van der Waals surface area contributed by atoms with Crippen LogP contribution in [-0.4, -0.2) is 86.5 Å². The Hall–Kier alpha value is -3.57. The van der Waals surface area contributed by atoms with Crippen molar-refractivity contribution in [3.05, 3.63) is 59.5 Å². The number of nitrogens with zero attached hydrogens (tertiary/aromatic N) is 7. The van der Waals surface area contributed by atoms with Crippen molar-refractivity contribution in [3.8, 4) is 11.5 Å². The molecule has 0 radical (unpaired) electrons. The molecule has 3 aromatic rings. The zero-order valence-corrected chi connectivity index (χ0v) is 29.3. The second kappa shape index (κ2) is 14.9. The number of hydrogen-bond donors (Lipinski definition) is 1. The molecule has 3 fully saturated rings. The Kier molecular flexibility index (Phi) is 10.6. The van der Waals surface area contributed by atoms with Gasteiger partial charge in [-0.25, -0.2) is 24.3 Å². The lowest BCUT2D eigenvalue weighted by atomic mass is 9.67. The zero-order valence-electron chi connectivity index (χ0n) is 28.5. The molecule has 2 saturated heterocycles. The Morgan fingerprint density at radius 3 is 2.40 bits per heavy atom. The molecular formula is C36H48ClFN8O2. The standard InChI is InChI=1S/C36H48ClFN8O2/c1-24(2)46(25(3)4)34(47)30-17-28(38)5-6-31(30)48-32-20-39-23-42-33(32)45-14-9-26(22-45)21-44-15-12-36(13-16-44)10-7-29(8-11-36)43-35-40-18-27(37)19-41-35/h5-6,17-20,23-26,29H,7-16,21-22H2,1-4H3,(H,40,41,43)/t26-/m0/s1. The lowest BCUT2D eigenvalue weighted by molar-refractivity contribution is 0.0583. The maximum absolute atomic E-state index is 14.4. The molecule has 12 heteroatoms. The van der Waals surface area contributed by atoms with Gasteiger partial charge in [-0.05, 0) is 115 Å². The molecular weight excluding hydrogens is 631 g/mol. The highest BCUT2D eigenvalue weighted by atomic mass is 35.5. The second-order valence-corrected chi connectivity index (χ2v) is 14.8. The van der Waals surface area contributed by atoms with Crippen LogP contribution in [0.2, 0.25) is 5.02 Å². The molecule has 6 rings (SSSR count). The number of likely N-dealkylation sites (tertiary alicyclic amines) is 1. The summed E-state index contributed by atoms with van der Waals surface area (Å²) in [6, 6.07) is 4.41. The number of carbonyl (C=O) groups is 1. The summed E-state index contributed by atoms with van der Waals surface area (Å²) in [5, 5.41) is 4.05. The predicted octanol–water partition coefficient (Wildman–Crippen LogP) is 7.07. The molecule has 2 aliphatic heterocycles. The maximum atomic E-state index is 14.4. The van der Waals surface area contributed by atoms with E-state index in [1.54, 1.807) is 23.5 Å². The fraction of sp³-hybridized carbons (Fsp3) is 0.583. The lowest BCUT2D eigenvalue weighted by Gasteiger charge is -2.46. The molecule has 48 heavy (non-hydrogen) atoms. The quantitative estimate of drug-likeness (QED) is 0.241. The molecule has 1 aliphatic carbocycles. The van der Waals surface area contributed by atoms with Gasteiger partial charge in [-0.3, -0.25) is 4.79 Å². The summed E-state index contributed by atoms with van der Waals surface area (Å²) in [6.45, 7) is 12.9. The average molecular weight is 679 g/mol. The molecule has 2 aromatic heterocycles. The number of piperidine rings is 1. The number of aromatic nitrogens is 4. The van der Waals surface area contributed by atoms with Crippen LogP contribution in [0.25, 0.3) is 0 Å². The van der Waals surface area contributed by atoms with Crippen molar-refractivity contribution in [1.29, 1.82) is 0 Å². The van der Waals surface area contributed by atoms with E-state index in [1.165, 1.54) is 50.2 Å². The van der Waals surface area contributed by atoms with Crippen LogP contribution in [-0.2, 0) is 0 Å². The first kappa shape index (κ1) is 34.3. The van der Waals surface area contributed by atoms with E-state index in [-0.39, 0.29) is 23.6 Å². The Labute approximate surface area is 288 Å². The van der Waals surface area contributed by atoms with Gasteiger partial charge in [0.2, 0.25) is 5.95 Å². The summed E-state index contributed by atoms with van der Waals surface area (Å²) in [6.07, 6.45) is 14.8. The molecule has 1 spiro atoms. The monoisotopic (exact) mass is 678 g/mol. The van der Waals surface area contributed by atoms with E-state index < -0.39 is 5.82 Å². The highest BCUT2D eigenvalue weighted by molar-refractivity contribution is 6.30. The van der Waals surface area contributed by atoms with Crippen molar-refractivity contribution in [1.82, 2.24) is 29.7 Å². The zero-order chi connectivity index (χ0) is 33.8. The molecule has 1 amide bonds. The van der Waals surface area contributed by atoms with Crippen molar-refractivity contribution in [2.75, 3.05) is 42.9 Å². The van der Waals surface area contributed by atoms with Gasteiger partial charge >= 0.3 is 0 Å². The highest BCUT2D eigenvalue weighted by Gasteiger charge is 2.39.